The predicted octanol–water partition coefficient (Wildman–Crippen LogP) is 3.32. The molecule has 1 aromatic carbocycles. The van der Waals surface area contributed by atoms with Crippen molar-refractivity contribution in [1.29, 1.82) is 0 Å². The van der Waals surface area contributed by atoms with Gasteiger partial charge in [-0.1, -0.05) is 31.5 Å². The maximum Gasteiger partial charge on any atom is 0.220 e. The average molecular weight is 263 g/mol. The third kappa shape index (κ3) is 7.50. The molecule has 0 aliphatic heterocycles. The van der Waals surface area contributed by atoms with E-state index in [1.165, 1.54) is 5.56 Å². The minimum atomic E-state index is 0.119. The predicted molar refractivity (Wildman–Crippen MR) is 78.4 cm³/mol. The Labute approximate surface area is 116 Å². The Morgan fingerprint density at radius 3 is 2.58 bits per heavy atom. The Hall–Kier alpha value is -1.51. The second-order valence-corrected chi connectivity index (χ2v) is 5.30. The molecule has 0 saturated heterocycles. The number of amides is 1. The Bertz CT molecular complexity index is 371. The topological polar surface area (TPSA) is 38.3 Å². The van der Waals surface area contributed by atoms with Crippen molar-refractivity contribution in [2.75, 3.05) is 13.2 Å². The normalized spacial score (nSPS) is 10.5. The Balaban J connectivity index is 2.07. The zero-order chi connectivity index (χ0) is 14.1. The third-order valence-corrected chi connectivity index (χ3v) is 2.88. The van der Waals surface area contributed by atoms with Gasteiger partial charge in [-0.3, -0.25) is 4.79 Å². The quantitative estimate of drug-likeness (QED) is 0.731. The molecule has 3 heteroatoms. The molecule has 1 amide bonds. The second-order valence-electron chi connectivity index (χ2n) is 5.30. The number of benzene rings is 1. The number of nitrogens with one attached hydrogen (secondary N) is 1. The van der Waals surface area contributed by atoms with E-state index in [1.54, 1.807) is 0 Å². The summed E-state index contributed by atoms with van der Waals surface area (Å²) in [7, 11) is 0. The smallest absolute Gasteiger partial charge is 0.220 e. The zero-order valence-corrected chi connectivity index (χ0v) is 12.2. The Morgan fingerprint density at radius 1 is 1.26 bits per heavy atom. The van der Waals surface area contributed by atoms with E-state index >= 15 is 0 Å². The van der Waals surface area contributed by atoms with E-state index in [2.05, 4.69) is 19.2 Å². The van der Waals surface area contributed by atoms with E-state index < -0.39 is 0 Å². The van der Waals surface area contributed by atoms with Gasteiger partial charge in [-0.05, 0) is 37.8 Å². The molecule has 0 saturated carbocycles. The number of hydrogen-bond acceptors (Lipinski definition) is 2. The first-order valence-electron chi connectivity index (χ1n) is 7.04. The van der Waals surface area contributed by atoms with Gasteiger partial charge in [0, 0.05) is 13.0 Å². The molecule has 0 radical (unpaired) electrons. The standard InChI is InChI=1S/C16H25NO2/c1-13(2)10-11-17-16(18)5-4-12-19-15-8-6-14(3)7-9-15/h6-9,13H,4-5,10-12H2,1-3H3,(H,17,18). The molecule has 0 fully saturated rings. The van der Waals surface area contributed by atoms with Crippen molar-refractivity contribution in [3.05, 3.63) is 29.8 Å². The fraction of sp³-hybridized carbons (Fsp3) is 0.562. The molecule has 0 heterocycles. The molecule has 0 bridgehead atoms. The molecule has 0 aromatic heterocycles. The van der Waals surface area contributed by atoms with Crippen LogP contribution < -0.4 is 10.1 Å². The first-order chi connectivity index (χ1) is 9.08. The van der Waals surface area contributed by atoms with Gasteiger partial charge in [0.2, 0.25) is 5.91 Å². The van der Waals surface area contributed by atoms with Crippen molar-refractivity contribution >= 4 is 5.91 Å². The van der Waals surface area contributed by atoms with E-state index in [9.17, 15) is 4.79 Å². The van der Waals surface area contributed by atoms with E-state index in [-0.39, 0.29) is 5.91 Å². The summed E-state index contributed by atoms with van der Waals surface area (Å²) in [6, 6.07) is 7.96. The van der Waals surface area contributed by atoms with Crippen LogP contribution in [0, 0.1) is 12.8 Å². The molecule has 0 aliphatic rings. The van der Waals surface area contributed by atoms with E-state index in [4.69, 9.17) is 4.74 Å². The van der Waals surface area contributed by atoms with Crippen LogP contribution in [0.2, 0.25) is 0 Å². The third-order valence-electron chi connectivity index (χ3n) is 2.88. The number of carbonyl (C=O) groups is 1. The Kier molecular flexibility index (Phi) is 7.01. The molecular formula is C16H25NO2. The molecule has 3 nitrogen and oxygen atoms in total. The molecule has 106 valence electrons. The maximum atomic E-state index is 11.5. The van der Waals surface area contributed by atoms with Gasteiger partial charge in [0.15, 0.2) is 0 Å². The number of ether oxygens (including phenoxy) is 1. The SMILES string of the molecule is Cc1ccc(OCCCC(=O)NCCC(C)C)cc1. The van der Waals surface area contributed by atoms with Crippen LogP contribution in [0.15, 0.2) is 24.3 Å². The highest BCUT2D eigenvalue weighted by atomic mass is 16.5. The number of carbonyl (C=O) groups excluding carboxylic acids is 1. The average Bonchev–Trinajstić information content (AvgIpc) is 2.36. The summed E-state index contributed by atoms with van der Waals surface area (Å²) in [5.41, 5.74) is 1.22. The van der Waals surface area contributed by atoms with Crippen LogP contribution in [-0.2, 0) is 4.79 Å². The van der Waals surface area contributed by atoms with Gasteiger partial charge in [-0.25, -0.2) is 0 Å². The first kappa shape index (κ1) is 15.5. The number of aryl methyl sites for hydroxylation is 1. The van der Waals surface area contributed by atoms with Crippen LogP contribution in [0.25, 0.3) is 0 Å². The second kappa shape index (κ2) is 8.57. The lowest BCUT2D eigenvalue weighted by atomic mass is 10.1. The highest BCUT2D eigenvalue weighted by Crippen LogP contribution is 2.11. The monoisotopic (exact) mass is 263 g/mol. The van der Waals surface area contributed by atoms with Gasteiger partial charge in [-0.2, -0.15) is 0 Å². The lowest BCUT2D eigenvalue weighted by Gasteiger charge is -2.08. The highest BCUT2D eigenvalue weighted by molar-refractivity contribution is 5.75. The summed E-state index contributed by atoms with van der Waals surface area (Å²) in [4.78, 5) is 11.5. The largest absolute Gasteiger partial charge is 0.494 e. The molecule has 0 aliphatic carbocycles. The molecule has 1 N–H and O–H groups in total. The van der Waals surface area contributed by atoms with Gasteiger partial charge in [-0.15, -0.1) is 0 Å². The van der Waals surface area contributed by atoms with Crippen LogP contribution in [0.4, 0.5) is 0 Å². The van der Waals surface area contributed by atoms with Crippen molar-refractivity contribution in [1.82, 2.24) is 5.32 Å². The zero-order valence-electron chi connectivity index (χ0n) is 12.2. The van der Waals surface area contributed by atoms with Crippen molar-refractivity contribution < 1.29 is 9.53 Å². The van der Waals surface area contributed by atoms with Crippen molar-refractivity contribution in [2.45, 2.75) is 40.0 Å². The van der Waals surface area contributed by atoms with Crippen LogP contribution in [0.3, 0.4) is 0 Å². The minimum Gasteiger partial charge on any atom is -0.494 e. The number of rotatable bonds is 8. The molecule has 0 atom stereocenters. The molecule has 1 aromatic rings. The van der Waals surface area contributed by atoms with Gasteiger partial charge in [0.25, 0.3) is 0 Å². The molecule has 0 spiro atoms. The fourth-order valence-corrected chi connectivity index (χ4v) is 1.65. The van der Waals surface area contributed by atoms with Gasteiger partial charge >= 0.3 is 0 Å². The highest BCUT2D eigenvalue weighted by Gasteiger charge is 2.02. The van der Waals surface area contributed by atoms with E-state index in [0.29, 0.717) is 18.9 Å². The summed E-state index contributed by atoms with van der Waals surface area (Å²) >= 11 is 0. The lowest BCUT2D eigenvalue weighted by Crippen LogP contribution is -2.25. The summed E-state index contributed by atoms with van der Waals surface area (Å²) < 4.78 is 5.57. The lowest BCUT2D eigenvalue weighted by molar-refractivity contribution is -0.121. The van der Waals surface area contributed by atoms with E-state index in [0.717, 1.165) is 25.1 Å². The molecule has 19 heavy (non-hydrogen) atoms. The van der Waals surface area contributed by atoms with Crippen LogP contribution >= 0.6 is 0 Å². The minimum absolute atomic E-state index is 0.119. The molecule has 1 rings (SSSR count). The summed E-state index contributed by atoms with van der Waals surface area (Å²) in [6.07, 6.45) is 2.32. The maximum absolute atomic E-state index is 11.5. The van der Waals surface area contributed by atoms with Gasteiger partial charge < -0.3 is 10.1 Å². The van der Waals surface area contributed by atoms with Crippen molar-refractivity contribution in [3.63, 3.8) is 0 Å². The van der Waals surface area contributed by atoms with Crippen molar-refractivity contribution in [3.8, 4) is 5.75 Å². The fourth-order valence-electron chi connectivity index (χ4n) is 1.65. The summed E-state index contributed by atoms with van der Waals surface area (Å²) in [5.74, 6) is 1.61. The van der Waals surface area contributed by atoms with Crippen molar-refractivity contribution in [2.24, 2.45) is 5.92 Å². The molecular weight excluding hydrogens is 238 g/mol. The van der Waals surface area contributed by atoms with Gasteiger partial charge in [0.05, 0.1) is 6.61 Å². The van der Waals surface area contributed by atoms with Crippen LogP contribution in [0.1, 0.15) is 38.7 Å². The summed E-state index contributed by atoms with van der Waals surface area (Å²) in [6.45, 7) is 7.71. The first-order valence-corrected chi connectivity index (χ1v) is 7.04. The summed E-state index contributed by atoms with van der Waals surface area (Å²) in [5, 5.41) is 2.93. The van der Waals surface area contributed by atoms with Crippen LogP contribution in [-0.4, -0.2) is 19.1 Å². The Morgan fingerprint density at radius 2 is 1.95 bits per heavy atom. The van der Waals surface area contributed by atoms with Crippen LogP contribution in [0.5, 0.6) is 5.75 Å². The van der Waals surface area contributed by atoms with Gasteiger partial charge in [0.1, 0.15) is 5.75 Å². The number of hydrogen-bond donors (Lipinski definition) is 1. The van der Waals surface area contributed by atoms with E-state index in [1.807, 2.05) is 31.2 Å². The molecule has 0 unspecified atom stereocenters.